The van der Waals surface area contributed by atoms with Gasteiger partial charge in [-0.25, -0.2) is 0 Å². The van der Waals surface area contributed by atoms with E-state index in [1.165, 1.54) is 13.0 Å². The maximum absolute atomic E-state index is 10.9. The quantitative estimate of drug-likeness (QED) is 0.562. The molecule has 0 bridgehead atoms. The third kappa shape index (κ3) is 2.94. The molecule has 16 heavy (non-hydrogen) atoms. The smallest absolute Gasteiger partial charge is 0.296 e. The van der Waals surface area contributed by atoms with Crippen LogP contribution in [0.4, 0.5) is 11.4 Å². The van der Waals surface area contributed by atoms with Crippen molar-refractivity contribution in [1.29, 1.82) is 0 Å². The zero-order valence-electron chi connectivity index (χ0n) is 8.19. The first-order valence-electron chi connectivity index (χ1n) is 4.06. The molecule has 0 saturated carbocycles. The highest BCUT2D eigenvalue weighted by atomic mass is 79.9. The Morgan fingerprint density at radius 1 is 1.50 bits per heavy atom. The van der Waals surface area contributed by atoms with Gasteiger partial charge in [-0.3, -0.25) is 9.35 Å². The second-order valence-corrected chi connectivity index (χ2v) is 5.27. The van der Waals surface area contributed by atoms with Crippen LogP contribution in [0.15, 0.2) is 21.5 Å². The summed E-state index contributed by atoms with van der Waals surface area (Å²) in [6.07, 6.45) is 0. The fraction of sp³-hybridized carbons (Fsp3) is 0.125. The van der Waals surface area contributed by atoms with E-state index >= 15 is 0 Å². The standard InChI is InChI=1S/C8H9BrN2O4S/c1-4(12)11-7-3-6(10)8(2-5(7)9)16(13,14)15/h2-3H,10H2,1H3,(H,11,12)(H,13,14,15). The van der Waals surface area contributed by atoms with E-state index in [0.717, 1.165) is 6.07 Å². The highest BCUT2D eigenvalue weighted by molar-refractivity contribution is 9.10. The van der Waals surface area contributed by atoms with Gasteiger partial charge in [-0.05, 0) is 28.1 Å². The van der Waals surface area contributed by atoms with Gasteiger partial charge in [0.25, 0.3) is 10.1 Å². The number of nitrogens with one attached hydrogen (secondary N) is 1. The summed E-state index contributed by atoms with van der Waals surface area (Å²) in [7, 11) is -4.37. The minimum absolute atomic E-state index is 0.144. The predicted octanol–water partition coefficient (Wildman–Crippen LogP) is 1.24. The summed E-state index contributed by atoms with van der Waals surface area (Å²) in [5, 5.41) is 2.45. The van der Waals surface area contributed by atoms with Gasteiger partial charge in [0.05, 0.1) is 11.4 Å². The zero-order valence-corrected chi connectivity index (χ0v) is 10.6. The predicted molar refractivity (Wildman–Crippen MR) is 62.7 cm³/mol. The molecule has 0 heterocycles. The molecular formula is C8H9BrN2O4S. The van der Waals surface area contributed by atoms with E-state index in [0.29, 0.717) is 10.2 Å². The molecule has 0 radical (unpaired) electrons. The van der Waals surface area contributed by atoms with Crippen LogP contribution in [0.1, 0.15) is 6.92 Å². The Hall–Kier alpha value is -1.12. The lowest BCUT2D eigenvalue weighted by molar-refractivity contribution is -0.114. The monoisotopic (exact) mass is 308 g/mol. The second-order valence-electron chi connectivity index (χ2n) is 3.03. The van der Waals surface area contributed by atoms with Gasteiger partial charge < -0.3 is 11.1 Å². The van der Waals surface area contributed by atoms with Crippen LogP contribution in [-0.4, -0.2) is 18.9 Å². The summed E-state index contributed by atoms with van der Waals surface area (Å²) in [6, 6.07) is 2.37. The van der Waals surface area contributed by atoms with Crippen molar-refractivity contribution >= 4 is 43.3 Å². The molecule has 6 nitrogen and oxygen atoms in total. The molecule has 1 rings (SSSR count). The summed E-state index contributed by atoms with van der Waals surface area (Å²) in [5.74, 6) is -0.320. The SMILES string of the molecule is CC(=O)Nc1cc(N)c(S(=O)(=O)O)cc1Br. The molecule has 0 aliphatic heterocycles. The first kappa shape index (κ1) is 12.9. The molecular weight excluding hydrogens is 300 g/mol. The summed E-state index contributed by atoms with van der Waals surface area (Å²) in [5.41, 5.74) is 5.63. The largest absolute Gasteiger partial charge is 0.398 e. The molecule has 1 aromatic carbocycles. The van der Waals surface area contributed by atoms with E-state index in [1.54, 1.807) is 0 Å². The molecule has 0 unspecified atom stereocenters. The summed E-state index contributed by atoms with van der Waals surface area (Å²) < 4.78 is 31.0. The molecule has 0 aliphatic rings. The molecule has 0 aromatic heterocycles. The van der Waals surface area contributed by atoms with Crippen molar-refractivity contribution < 1.29 is 17.8 Å². The van der Waals surface area contributed by atoms with Crippen LogP contribution in [0.2, 0.25) is 0 Å². The van der Waals surface area contributed by atoms with E-state index in [4.69, 9.17) is 10.3 Å². The van der Waals surface area contributed by atoms with Crippen LogP contribution in [0.3, 0.4) is 0 Å². The van der Waals surface area contributed by atoms with Gasteiger partial charge in [-0.1, -0.05) is 0 Å². The van der Waals surface area contributed by atoms with Gasteiger partial charge in [0.2, 0.25) is 5.91 Å². The van der Waals surface area contributed by atoms with Gasteiger partial charge >= 0.3 is 0 Å². The summed E-state index contributed by atoms with van der Waals surface area (Å²) >= 11 is 3.06. The van der Waals surface area contributed by atoms with Gasteiger partial charge in [0, 0.05) is 11.4 Å². The molecule has 0 atom stereocenters. The molecule has 0 aliphatic carbocycles. The highest BCUT2D eigenvalue weighted by Gasteiger charge is 2.16. The highest BCUT2D eigenvalue weighted by Crippen LogP contribution is 2.30. The fourth-order valence-electron chi connectivity index (χ4n) is 1.08. The van der Waals surface area contributed by atoms with Crippen LogP contribution in [-0.2, 0) is 14.9 Å². The van der Waals surface area contributed by atoms with E-state index in [1.807, 2.05) is 0 Å². The molecule has 1 aromatic rings. The average Bonchev–Trinajstić information content (AvgIpc) is 2.07. The lowest BCUT2D eigenvalue weighted by Crippen LogP contribution is -2.09. The molecule has 8 heteroatoms. The number of carbonyl (C=O) groups excluding carboxylic acids is 1. The Morgan fingerprint density at radius 3 is 2.50 bits per heavy atom. The number of rotatable bonds is 2. The Morgan fingerprint density at radius 2 is 2.06 bits per heavy atom. The normalized spacial score (nSPS) is 11.2. The number of nitrogen functional groups attached to an aromatic ring is 1. The van der Waals surface area contributed by atoms with E-state index in [-0.39, 0.29) is 11.6 Å². The number of anilines is 2. The van der Waals surface area contributed by atoms with Crippen molar-refractivity contribution in [3.63, 3.8) is 0 Å². The summed E-state index contributed by atoms with van der Waals surface area (Å²) in [4.78, 5) is 10.4. The Labute approximate surface area is 101 Å². The number of amides is 1. The lowest BCUT2D eigenvalue weighted by Gasteiger charge is -2.09. The minimum Gasteiger partial charge on any atom is -0.398 e. The van der Waals surface area contributed by atoms with E-state index in [9.17, 15) is 13.2 Å². The van der Waals surface area contributed by atoms with E-state index < -0.39 is 15.0 Å². The van der Waals surface area contributed by atoms with Crippen LogP contribution in [0.25, 0.3) is 0 Å². The maximum atomic E-state index is 10.9. The molecule has 0 saturated heterocycles. The number of hydrogen-bond donors (Lipinski definition) is 3. The molecule has 0 spiro atoms. The van der Waals surface area contributed by atoms with Gasteiger partial charge in [-0.15, -0.1) is 0 Å². The van der Waals surface area contributed by atoms with Gasteiger partial charge in [-0.2, -0.15) is 8.42 Å². The Bertz CT molecular complexity index is 541. The third-order valence-electron chi connectivity index (χ3n) is 1.69. The van der Waals surface area contributed by atoms with Gasteiger partial charge in [0.15, 0.2) is 0 Å². The molecule has 0 fully saturated rings. The summed E-state index contributed by atoms with van der Waals surface area (Å²) in [6.45, 7) is 1.30. The van der Waals surface area contributed by atoms with Crippen LogP contribution in [0.5, 0.6) is 0 Å². The Kier molecular flexibility index (Phi) is 3.56. The number of halogens is 1. The van der Waals surface area contributed by atoms with Crippen molar-refractivity contribution in [2.75, 3.05) is 11.1 Å². The first-order valence-corrected chi connectivity index (χ1v) is 6.29. The topological polar surface area (TPSA) is 109 Å². The Balaban J connectivity index is 3.33. The third-order valence-corrected chi connectivity index (χ3v) is 3.25. The van der Waals surface area contributed by atoms with Gasteiger partial charge in [0.1, 0.15) is 4.90 Å². The van der Waals surface area contributed by atoms with E-state index in [2.05, 4.69) is 21.2 Å². The number of benzene rings is 1. The van der Waals surface area contributed by atoms with Crippen LogP contribution < -0.4 is 11.1 Å². The van der Waals surface area contributed by atoms with Crippen LogP contribution in [0, 0.1) is 0 Å². The number of nitrogens with two attached hydrogens (primary N) is 1. The fourth-order valence-corrected chi connectivity index (χ4v) is 2.30. The first-order chi connectivity index (χ1) is 7.21. The zero-order chi connectivity index (χ0) is 12.5. The van der Waals surface area contributed by atoms with Crippen LogP contribution >= 0.6 is 15.9 Å². The van der Waals surface area contributed by atoms with Crippen molar-refractivity contribution in [3.05, 3.63) is 16.6 Å². The number of carbonyl (C=O) groups is 1. The van der Waals surface area contributed by atoms with Crippen molar-refractivity contribution in [2.45, 2.75) is 11.8 Å². The molecule has 1 amide bonds. The molecule has 88 valence electrons. The second kappa shape index (κ2) is 4.40. The average molecular weight is 309 g/mol. The number of hydrogen-bond acceptors (Lipinski definition) is 4. The van der Waals surface area contributed by atoms with Crippen molar-refractivity contribution in [3.8, 4) is 0 Å². The lowest BCUT2D eigenvalue weighted by atomic mass is 10.3. The van der Waals surface area contributed by atoms with Crippen molar-refractivity contribution in [1.82, 2.24) is 0 Å². The van der Waals surface area contributed by atoms with Crippen molar-refractivity contribution in [2.24, 2.45) is 0 Å². The minimum atomic E-state index is -4.37. The maximum Gasteiger partial charge on any atom is 0.296 e. The molecule has 4 N–H and O–H groups in total.